The molecule has 0 aliphatic rings. The van der Waals surface area contributed by atoms with Crippen LogP contribution < -0.4 is 16.0 Å². The molecule has 3 N–H and O–H groups in total. The van der Waals surface area contributed by atoms with Crippen molar-refractivity contribution in [3.63, 3.8) is 0 Å². The number of halogens is 2. The van der Waals surface area contributed by atoms with E-state index < -0.39 is 0 Å². The Kier molecular flexibility index (Phi) is 8.75. The fourth-order valence-corrected chi connectivity index (χ4v) is 3.32. The lowest BCUT2D eigenvalue weighted by Gasteiger charge is -2.21. The Morgan fingerprint density at radius 3 is 2.56 bits per heavy atom. The molecule has 0 amide bonds. The summed E-state index contributed by atoms with van der Waals surface area (Å²) < 4.78 is 1.87. The van der Waals surface area contributed by atoms with Crippen molar-refractivity contribution in [1.82, 2.24) is 25.4 Å². The molecule has 8 heteroatoms. The molecule has 1 atom stereocenters. The number of fused-ring (bicyclic) bond motifs is 2. The summed E-state index contributed by atoms with van der Waals surface area (Å²) in [5.74, 6) is 0. The summed E-state index contributed by atoms with van der Waals surface area (Å²) in [6, 6.07) is 6.55. The number of hydrogen-bond donors (Lipinski definition) is 3. The second kappa shape index (κ2) is 10.1. The number of benzene rings is 1. The summed E-state index contributed by atoms with van der Waals surface area (Å²) in [4.78, 5) is 4.89. The summed E-state index contributed by atoms with van der Waals surface area (Å²) in [7, 11) is 5.92. The van der Waals surface area contributed by atoms with Crippen molar-refractivity contribution in [3.8, 4) is 0 Å². The maximum atomic E-state index is 4.89. The minimum Gasteiger partial charge on any atom is -0.369 e. The molecular formula is C19H30Cl2N6. The smallest absolute Gasteiger partial charge is 0.160 e. The summed E-state index contributed by atoms with van der Waals surface area (Å²) in [6.07, 6.45) is 2.15. The molecule has 0 radical (unpaired) electrons. The Labute approximate surface area is 173 Å². The molecule has 0 saturated carbocycles. The number of aryl methyl sites for hydroxylation is 3. The average Bonchev–Trinajstić information content (AvgIpc) is 2.91. The van der Waals surface area contributed by atoms with Crippen molar-refractivity contribution in [3.05, 3.63) is 29.5 Å². The molecule has 0 aliphatic carbocycles. The number of aromatic nitrogens is 3. The molecule has 0 fully saturated rings. The van der Waals surface area contributed by atoms with Crippen LogP contribution in [0, 0.1) is 6.92 Å². The highest BCUT2D eigenvalue weighted by molar-refractivity contribution is 6.07. The zero-order valence-corrected chi connectivity index (χ0v) is 18.2. The molecule has 3 rings (SSSR count). The molecule has 27 heavy (non-hydrogen) atoms. The van der Waals surface area contributed by atoms with Gasteiger partial charge in [0.25, 0.3) is 0 Å². The van der Waals surface area contributed by atoms with Gasteiger partial charge in [0.1, 0.15) is 0 Å². The van der Waals surface area contributed by atoms with Crippen LogP contribution in [0.4, 0.5) is 5.69 Å². The van der Waals surface area contributed by atoms with Gasteiger partial charge in [0, 0.05) is 12.4 Å². The number of anilines is 1. The normalized spacial score (nSPS) is 11.9. The van der Waals surface area contributed by atoms with Crippen LogP contribution in [0.1, 0.15) is 24.6 Å². The van der Waals surface area contributed by atoms with Gasteiger partial charge in [-0.2, -0.15) is 5.10 Å². The van der Waals surface area contributed by atoms with Gasteiger partial charge in [-0.3, -0.25) is 4.68 Å². The largest absolute Gasteiger partial charge is 0.369 e. The van der Waals surface area contributed by atoms with E-state index in [-0.39, 0.29) is 31.0 Å². The van der Waals surface area contributed by atoms with Gasteiger partial charge in [0.2, 0.25) is 0 Å². The van der Waals surface area contributed by atoms with E-state index in [0.29, 0.717) is 0 Å². The Balaban J connectivity index is 0.00000182. The van der Waals surface area contributed by atoms with Crippen LogP contribution in [0.3, 0.4) is 0 Å². The minimum absolute atomic E-state index is 0. The van der Waals surface area contributed by atoms with Crippen LogP contribution in [0.2, 0.25) is 0 Å². The van der Waals surface area contributed by atoms with E-state index >= 15 is 0 Å². The molecule has 6 nitrogen and oxygen atoms in total. The molecule has 150 valence electrons. The third kappa shape index (κ3) is 4.63. The van der Waals surface area contributed by atoms with Crippen molar-refractivity contribution < 1.29 is 0 Å². The zero-order valence-electron chi connectivity index (χ0n) is 16.6. The molecule has 1 unspecified atom stereocenters. The van der Waals surface area contributed by atoms with Gasteiger partial charge in [-0.25, -0.2) is 4.98 Å². The fraction of sp³-hybridized carbons (Fsp3) is 0.474. The van der Waals surface area contributed by atoms with Gasteiger partial charge >= 0.3 is 0 Å². The van der Waals surface area contributed by atoms with Crippen LogP contribution in [-0.2, 0) is 13.5 Å². The van der Waals surface area contributed by atoms with E-state index in [2.05, 4.69) is 46.2 Å². The highest BCUT2D eigenvalue weighted by Crippen LogP contribution is 2.33. The molecule has 0 bridgehead atoms. The van der Waals surface area contributed by atoms with Crippen LogP contribution >= 0.6 is 24.8 Å². The van der Waals surface area contributed by atoms with Crippen molar-refractivity contribution in [2.75, 3.05) is 26.0 Å². The lowest BCUT2D eigenvalue weighted by Crippen LogP contribution is -2.36. The fourth-order valence-electron chi connectivity index (χ4n) is 3.32. The first-order chi connectivity index (χ1) is 12.1. The molecule has 1 aromatic carbocycles. The number of pyridine rings is 1. The Hall–Kier alpha value is -1.60. The summed E-state index contributed by atoms with van der Waals surface area (Å²) in [5.41, 5.74) is 5.34. The second-order valence-corrected chi connectivity index (χ2v) is 6.48. The van der Waals surface area contributed by atoms with Gasteiger partial charge in [-0.05, 0) is 52.0 Å². The molecule has 2 heterocycles. The predicted octanol–water partition coefficient (Wildman–Crippen LogP) is 3.40. The standard InChI is InChI=1S/C19H28N6.2ClH/c1-6-13-7-8-14-15(11-13)22-19-17(12(2)24-25(19)5)18(14)23-16(21-4)9-10-20-3;;/h7-8,11,16,20-21H,6,9-10H2,1-5H3,(H,22,23);2*1H. The number of nitrogens with zero attached hydrogens (tertiary/aromatic N) is 3. The third-order valence-corrected chi connectivity index (χ3v) is 4.76. The first kappa shape index (κ1) is 23.4. The lowest BCUT2D eigenvalue weighted by atomic mass is 10.1. The van der Waals surface area contributed by atoms with Crippen molar-refractivity contribution in [2.24, 2.45) is 7.05 Å². The maximum Gasteiger partial charge on any atom is 0.160 e. The van der Waals surface area contributed by atoms with E-state index in [1.807, 2.05) is 32.7 Å². The van der Waals surface area contributed by atoms with E-state index in [1.54, 1.807) is 0 Å². The van der Waals surface area contributed by atoms with Gasteiger partial charge in [-0.1, -0.05) is 19.1 Å². The zero-order chi connectivity index (χ0) is 18.0. The highest BCUT2D eigenvalue weighted by Gasteiger charge is 2.18. The van der Waals surface area contributed by atoms with E-state index in [9.17, 15) is 0 Å². The molecular weight excluding hydrogens is 383 g/mol. The van der Waals surface area contributed by atoms with Crippen LogP contribution in [0.15, 0.2) is 18.2 Å². The Bertz CT molecular complexity index is 893. The monoisotopic (exact) mass is 412 g/mol. The van der Waals surface area contributed by atoms with Gasteiger partial charge in [0.05, 0.1) is 28.5 Å². The number of nitrogens with one attached hydrogen (secondary N) is 3. The maximum absolute atomic E-state index is 4.89. The Morgan fingerprint density at radius 2 is 1.93 bits per heavy atom. The summed E-state index contributed by atoms with van der Waals surface area (Å²) in [6.45, 7) is 5.15. The second-order valence-electron chi connectivity index (χ2n) is 6.48. The van der Waals surface area contributed by atoms with Crippen LogP contribution in [-0.4, -0.2) is 41.6 Å². The van der Waals surface area contributed by atoms with Crippen molar-refractivity contribution in [1.29, 1.82) is 0 Å². The number of rotatable bonds is 7. The molecule has 0 aliphatic heterocycles. The van der Waals surface area contributed by atoms with Crippen LogP contribution in [0.25, 0.3) is 21.9 Å². The first-order valence-corrected chi connectivity index (χ1v) is 8.93. The van der Waals surface area contributed by atoms with E-state index in [1.165, 1.54) is 5.56 Å². The summed E-state index contributed by atoms with van der Waals surface area (Å²) in [5, 5.41) is 17.1. The van der Waals surface area contributed by atoms with Crippen LogP contribution in [0.5, 0.6) is 0 Å². The van der Waals surface area contributed by atoms with E-state index in [0.717, 1.165) is 52.7 Å². The average molecular weight is 413 g/mol. The Morgan fingerprint density at radius 1 is 1.19 bits per heavy atom. The molecule has 0 spiro atoms. The third-order valence-electron chi connectivity index (χ3n) is 4.76. The van der Waals surface area contributed by atoms with Crippen molar-refractivity contribution in [2.45, 2.75) is 32.9 Å². The lowest BCUT2D eigenvalue weighted by molar-refractivity contribution is 0.559. The molecule has 0 saturated heterocycles. The van der Waals surface area contributed by atoms with Gasteiger partial charge < -0.3 is 16.0 Å². The predicted molar refractivity (Wildman–Crippen MR) is 120 cm³/mol. The SMILES string of the molecule is CCc1ccc2c(NC(CCNC)NC)c3c(C)nn(C)c3nc2c1.Cl.Cl. The van der Waals surface area contributed by atoms with Gasteiger partial charge in [0.15, 0.2) is 5.65 Å². The van der Waals surface area contributed by atoms with Gasteiger partial charge in [-0.15, -0.1) is 24.8 Å². The van der Waals surface area contributed by atoms with E-state index in [4.69, 9.17) is 4.98 Å². The summed E-state index contributed by atoms with van der Waals surface area (Å²) >= 11 is 0. The topological polar surface area (TPSA) is 66.8 Å². The highest BCUT2D eigenvalue weighted by atomic mass is 35.5. The minimum atomic E-state index is 0. The quantitative estimate of drug-likeness (QED) is 0.518. The molecule has 3 aromatic rings. The first-order valence-electron chi connectivity index (χ1n) is 8.93. The molecule has 2 aromatic heterocycles. The van der Waals surface area contributed by atoms with Crippen molar-refractivity contribution >= 4 is 52.4 Å². The number of hydrogen-bond acceptors (Lipinski definition) is 5.